The summed E-state index contributed by atoms with van der Waals surface area (Å²) in [5.41, 5.74) is 1.04. The Morgan fingerprint density at radius 3 is 2.92 bits per heavy atom. The number of halogens is 2. The Morgan fingerprint density at radius 2 is 2.17 bits per heavy atom. The van der Waals surface area contributed by atoms with Gasteiger partial charge in [0.15, 0.2) is 0 Å². The predicted molar refractivity (Wildman–Crippen MR) is 89.1 cm³/mol. The highest BCUT2D eigenvalue weighted by molar-refractivity contribution is 6.34. The number of oxime groups is 1. The van der Waals surface area contributed by atoms with E-state index in [1.807, 2.05) is 0 Å². The van der Waals surface area contributed by atoms with Crippen molar-refractivity contribution < 1.29 is 18.8 Å². The molecule has 1 unspecified atom stereocenters. The molecule has 0 aliphatic carbocycles. The molecule has 2 aromatic carbocycles. The molecule has 0 fully saturated rings. The number of carbonyl (C=O) groups excluding carboxylic acids is 1. The number of anilines is 1. The molecule has 7 heteroatoms. The summed E-state index contributed by atoms with van der Waals surface area (Å²) in [4.78, 5) is 17.4. The Labute approximate surface area is 143 Å². The van der Waals surface area contributed by atoms with Gasteiger partial charge in [-0.15, -0.1) is 0 Å². The van der Waals surface area contributed by atoms with Crippen LogP contribution >= 0.6 is 11.6 Å². The number of methoxy groups -OCH3 is 1. The molecule has 0 aromatic heterocycles. The van der Waals surface area contributed by atoms with Gasteiger partial charge in [0, 0.05) is 18.2 Å². The summed E-state index contributed by atoms with van der Waals surface area (Å²) in [7, 11) is 1.54. The van der Waals surface area contributed by atoms with Gasteiger partial charge in [0.2, 0.25) is 6.10 Å². The molecule has 0 bridgehead atoms. The fourth-order valence-corrected chi connectivity index (χ4v) is 2.63. The first-order chi connectivity index (χ1) is 11.6. The molecule has 0 radical (unpaired) electrons. The number of hydrogen-bond donors (Lipinski definition) is 1. The lowest BCUT2D eigenvalue weighted by Gasteiger charge is -2.10. The van der Waals surface area contributed by atoms with E-state index in [0.717, 1.165) is 0 Å². The number of nitrogens with zero attached hydrogens (tertiary/aromatic N) is 1. The first-order valence-corrected chi connectivity index (χ1v) is 7.58. The zero-order chi connectivity index (χ0) is 17.1. The first-order valence-electron chi connectivity index (χ1n) is 7.20. The molecule has 2 aromatic rings. The lowest BCUT2D eigenvalue weighted by Crippen LogP contribution is -2.28. The molecule has 1 aliphatic heterocycles. The minimum atomic E-state index is -0.845. The van der Waals surface area contributed by atoms with Crippen LogP contribution in [0.4, 0.5) is 10.1 Å². The Kier molecular flexibility index (Phi) is 4.66. The summed E-state index contributed by atoms with van der Waals surface area (Å²) < 4.78 is 19.0. The molecule has 3 rings (SSSR count). The summed E-state index contributed by atoms with van der Waals surface area (Å²) in [6, 6.07) is 11.3. The summed E-state index contributed by atoms with van der Waals surface area (Å²) in [6.07, 6.45) is -0.710. The average molecular weight is 349 g/mol. The van der Waals surface area contributed by atoms with Crippen LogP contribution in [0.5, 0.6) is 5.75 Å². The molecule has 1 heterocycles. The van der Waals surface area contributed by atoms with E-state index in [2.05, 4.69) is 10.5 Å². The van der Waals surface area contributed by atoms with Crippen molar-refractivity contribution in [3.05, 3.63) is 58.9 Å². The van der Waals surface area contributed by atoms with E-state index in [1.54, 1.807) is 37.4 Å². The fourth-order valence-electron chi connectivity index (χ4n) is 2.36. The molecule has 1 N–H and O–H groups in total. The number of carbonyl (C=O) groups is 1. The fraction of sp³-hybridized carbons (Fsp3) is 0.176. The van der Waals surface area contributed by atoms with Crippen molar-refractivity contribution in [2.45, 2.75) is 12.5 Å². The third-order valence-corrected chi connectivity index (χ3v) is 3.86. The summed E-state index contributed by atoms with van der Waals surface area (Å²) in [5.74, 6) is -0.261. The first kappa shape index (κ1) is 16.3. The molecule has 1 amide bonds. The van der Waals surface area contributed by atoms with Gasteiger partial charge in [-0.25, -0.2) is 4.39 Å². The van der Waals surface area contributed by atoms with Crippen LogP contribution in [0.25, 0.3) is 0 Å². The number of nitrogens with one attached hydrogen (secondary N) is 1. The number of rotatable bonds is 4. The van der Waals surface area contributed by atoms with Crippen molar-refractivity contribution in [3.63, 3.8) is 0 Å². The molecule has 0 spiro atoms. The second-order valence-electron chi connectivity index (χ2n) is 5.15. The van der Waals surface area contributed by atoms with E-state index >= 15 is 0 Å². The van der Waals surface area contributed by atoms with Gasteiger partial charge in [0.25, 0.3) is 5.91 Å². The monoisotopic (exact) mass is 348 g/mol. The van der Waals surface area contributed by atoms with Crippen molar-refractivity contribution in [2.24, 2.45) is 5.16 Å². The molecule has 0 saturated carbocycles. The van der Waals surface area contributed by atoms with Crippen LogP contribution in [0.15, 0.2) is 47.6 Å². The van der Waals surface area contributed by atoms with E-state index < -0.39 is 11.9 Å². The lowest BCUT2D eigenvalue weighted by molar-refractivity contribution is -0.125. The standard InChI is InChI=1S/C17H14ClFN2O3/c1-23-11-5-2-4-10(8-11)20-17(22)15-9-14(21-24-15)16-12(18)6-3-7-13(16)19/h2-8,15H,9H2,1H3,(H,20,22). The highest BCUT2D eigenvalue weighted by atomic mass is 35.5. The third-order valence-electron chi connectivity index (χ3n) is 3.55. The molecule has 1 aliphatic rings. The van der Waals surface area contributed by atoms with Gasteiger partial charge in [-0.2, -0.15) is 0 Å². The van der Waals surface area contributed by atoms with Crippen molar-refractivity contribution in [2.75, 3.05) is 12.4 Å². The lowest BCUT2D eigenvalue weighted by atomic mass is 10.0. The Balaban J connectivity index is 1.69. The average Bonchev–Trinajstić information content (AvgIpc) is 3.04. The highest BCUT2D eigenvalue weighted by Gasteiger charge is 2.31. The number of benzene rings is 2. The van der Waals surface area contributed by atoms with Crippen LogP contribution in [-0.2, 0) is 9.63 Å². The van der Waals surface area contributed by atoms with Crippen LogP contribution in [0, 0.1) is 5.82 Å². The number of amides is 1. The summed E-state index contributed by atoms with van der Waals surface area (Å²) >= 11 is 6.01. The third kappa shape index (κ3) is 3.33. The smallest absolute Gasteiger partial charge is 0.268 e. The van der Waals surface area contributed by atoms with Crippen LogP contribution in [0.1, 0.15) is 12.0 Å². The molecule has 124 valence electrons. The van der Waals surface area contributed by atoms with Gasteiger partial charge >= 0.3 is 0 Å². The maximum absolute atomic E-state index is 13.9. The zero-order valence-electron chi connectivity index (χ0n) is 12.8. The van der Waals surface area contributed by atoms with Crippen molar-refractivity contribution in [1.29, 1.82) is 0 Å². The maximum atomic E-state index is 13.9. The number of ether oxygens (including phenoxy) is 1. The quantitative estimate of drug-likeness (QED) is 0.918. The molecule has 1 atom stereocenters. The molecule has 24 heavy (non-hydrogen) atoms. The van der Waals surface area contributed by atoms with E-state index in [9.17, 15) is 9.18 Å². The maximum Gasteiger partial charge on any atom is 0.268 e. The molecular weight excluding hydrogens is 335 g/mol. The van der Waals surface area contributed by atoms with Crippen LogP contribution < -0.4 is 10.1 Å². The van der Waals surface area contributed by atoms with E-state index in [4.69, 9.17) is 21.2 Å². The summed E-state index contributed by atoms with van der Waals surface area (Å²) in [6.45, 7) is 0. The van der Waals surface area contributed by atoms with Gasteiger partial charge in [-0.05, 0) is 24.3 Å². The molecule has 0 saturated heterocycles. The highest BCUT2D eigenvalue weighted by Crippen LogP contribution is 2.26. The molecule has 5 nitrogen and oxygen atoms in total. The topological polar surface area (TPSA) is 59.9 Å². The van der Waals surface area contributed by atoms with Crippen molar-refractivity contribution in [1.82, 2.24) is 0 Å². The second-order valence-corrected chi connectivity index (χ2v) is 5.56. The Bertz CT molecular complexity index is 790. The minimum Gasteiger partial charge on any atom is -0.497 e. The summed E-state index contributed by atoms with van der Waals surface area (Å²) in [5, 5.41) is 6.76. The normalized spacial score (nSPS) is 16.3. The van der Waals surface area contributed by atoms with Crippen molar-refractivity contribution in [3.8, 4) is 5.75 Å². The SMILES string of the molecule is COc1cccc(NC(=O)C2CC(c3c(F)cccc3Cl)=NO2)c1. The largest absolute Gasteiger partial charge is 0.497 e. The number of hydrogen-bond acceptors (Lipinski definition) is 4. The van der Waals surface area contributed by atoms with E-state index in [1.165, 1.54) is 12.1 Å². The van der Waals surface area contributed by atoms with Gasteiger partial charge in [0.1, 0.15) is 11.6 Å². The van der Waals surface area contributed by atoms with Crippen LogP contribution in [0.2, 0.25) is 5.02 Å². The zero-order valence-corrected chi connectivity index (χ0v) is 13.5. The Morgan fingerprint density at radius 1 is 1.38 bits per heavy atom. The minimum absolute atomic E-state index is 0.135. The van der Waals surface area contributed by atoms with Crippen LogP contribution in [0.3, 0.4) is 0 Å². The molecular formula is C17H14ClFN2O3. The van der Waals surface area contributed by atoms with Gasteiger partial charge in [-0.3, -0.25) is 4.79 Å². The second kappa shape index (κ2) is 6.88. The van der Waals surface area contributed by atoms with Gasteiger partial charge in [-0.1, -0.05) is 28.9 Å². The van der Waals surface area contributed by atoms with Crippen LogP contribution in [-0.4, -0.2) is 24.8 Å². The van der Waals surface area contributed by atoms with Gasteiger partial charge < -0.3 is 14.9 Å². The van der Waals surface area contributed by atoms with E-state index in [-0.39, 0.29) is 22.9 Å². The van der Waals surface area contributed by atoms with Gasteiger partial charge in [0.05, 0.1) is 23.4 Å². The van der Waals surface area contributed by atoms with E-state index in [0.29, 0.717) is 17.1 Å². The Hall–Kier alpha value is -2.60. The predicted octanol–water partition coefficient (Wildman–Crippen LogP) is 3.62. The van der Waals surface area contributed by atoms with Crippen molar-refractivity contribution >= 4 is 28.9 Å².